The van der Waals surface area contributed by atoms with Crippen LogP contribution in [0.2, 0.25) is 0 Å². The predicted octanol–water partition coefficient (Wildman–Crippen LogP) is 1.06. The van der Waals surface area contributed by atoms with Crippen LogP contribution in [0.15, 0.2) is 24.3 Å². The number of rotatable bonds is 4. The number of hydrogen-bond donors (Lipinski definition) is 1. The summed E-state index contributed by atoms with van der Waals surface area (Å²) < 4.78 is 24.7. The van der Waals surface area contributed by atoms with Crippen molar-refractivity contribution < 1.29 is 18.0 Å². The lowest BCUT2D eigenvalue weighted by Crippen LogP contribution is -2.53. The Morgan fingerprint density at radius 2 is 1.87 bits per heavy atom. The van der Waals surface area contributed by atoms with Gasteiger partial charge in [-0.05, 0) is 17.0 Å². The van der Waals surface area contributed by atoms with Crippen molar-refractivity contribution in [1.82, 2.24) is 9.62 Å². The fourth-order valence-electron chi connectivity index (χ4n) is 2.74. The molecule has 0 bridgehead atoms. The summed E-state index contributed by atoms with van der Waals surface area (Å²) in [6.45, 7) is 4.19. The van der Waals surface area contributed by atoms with Crippen molar-refractivity contribution in [3.05, 3.63) is 35.4 Å². The number of sulfonamides is 1. The predicted molar refractivity (Wildman–Crippen MR) is 86.9 cm³/mol. The Morgan fingerprint density at radius 1 is 1.26 bits per heavy atom. The zero-order valence-corrected chi connectivity index (χ0v) is 14.4. The molecule has 2 amide bonds. The molecule has 6 nitrogen and oxygen atoms in total. The molecule has 126 valence electrons. The second-order valence-electron chi connectivity index (χ2n) is 6.35. The second kappa shape index (κ2) is 6.70. The van der Waals surface area contributed by atoms with Crippen LogP contribution in [0.5, 0.6) is 0 Å². The topological polar surface area (TPSA) is 83.6 Å². The maximum Gasteiger partial charge on any atom is 0.256 e. The van der Waals surface area contributed by atoms with E-state index in [1.807, 2.05) is 42.8 Å². The van der Waals surface area contributed by atoms with Gasteiger partial charge in [-0.15, -0.1) is 0 Å². The number of hydrogen-bond acceptors (Lipinski definition) is 4. The van der Waals surface area contributed by atoms with E-state index in [0.717, 1.165) is 17.4 Å². The summed E-state index contributed by atoms with van der Waals surface area (Å²) in [5, 5.41) is 0. The van der Waals surface area contributed by atoms with Gasteiger partial charge >= 0.3 is 0 Å². The van der Waals surface area contributed by atoms with Crippen LogP contribution >= 0.6 is 0 Å². The first-order valence-corrected chi connectivity index (χ1v) is 9.44. The summed E-state index contributed by atoms with van der Waals surface area (Å²) in [6.07, 6.45) is 1.58. The third-order valence-corrected chi connectivity index (χ3v) is 4.31. The van der Waals surface area contributed by atoms with Gasteiger partial charge in [0.25, 0.3) is 5.91 Å². The maximum absolute atomic E-state index is 12.5. The number of amides is 2. The summed E-state index contributed by atoms with van der Waals surface area (Å²) in [6, 6.07) is 6.79. The van der Waals surface area contributed by atoms with Crippen molar-refractivity contribution in [2.45, 2.75) is 39.3 Å². The molecule has 0 fully saturated rings. The smallest absolute Gasteiger partial charge is 0.256 e. The van der Waals surface area contributed by atoms with Gasteiger partial charge in [-0.3, -0.25) is 14.3 Å². The molecule has 1 N–H and O–H groups in total. The normalized spacial score (nSPS) is 17.7. The fourth-order valence-corrected chi connectivity index (χ4v) is 3.24. The summed E-state index contributed by atoms with van der Waals surface area (Å²) in [5.74, 6) is -0.624. The summed E-state index contributed by atoms with van der Waals surface area (Å²) >= 11 is 0. The number of nitrogens with zero attached hydrogens (tertiary/aromatic N) is 1. The lowest BCUT2D eigenvalue weighted by molar-refractivity contribution is -0.141. The summed E-state index contributed by atoms with van der Waals surface area (Å²) in [5.41, 5.74) is 1.96. The van der Waals surface area contributed by atoms with E-state index in [1.165, 1.54) is 4.90 Å². The van der Waals surface area contributed by atoms with Gasteiger partial charge < -0.3 is 4.90 Å². The lowest BCUT2D eigenvalue weighted by atomic mass is 9.93. The molecule has 1 aromatic carbocycles. The van der Waals surface area contributed by atoms with Gasteiger partial charge in [-0.25, -0.2) is 8.42 Å². The number of fused-ring (bicyclic) bond motifs is 1. The number of benzene rings is 1. The van der Waals surface area contributed by atoms with Crippen molar-refractivity contribution in [2.75, 3.05) is 6.26 Å². The number of nitrogens with one attached hydrogen (secondary N) is 1. The first-order valence-electron chi connectivity index (χ1n) is 7.55. The van der Waals surface area contributed by atoms with E-state index in [0.29, 0.717) is 19.4 Å². The third kappa shape index (κ3) is 4.54. The van der Waals surface area contributed by atoms with Gasteiger partial charge in [-0.1, -0.05) is 38.1 Å². The Morgan fingerprint density at radius 3 is 2.43 bits per heavy atom. The molecule has 2 rings (SSSR count). The van der Waals surface area contributed by atoms with Crippen LogP contribution in [-0.4, -0.2) is 37.4 Å². The van der Waals surface area contributed by atoms with Gasteiger partial charge in [0.15, 0.2) is 0 Å². The van der Waals surface area contributed by atoms with E-state index in [9.17, 15) is 18.0 Å². The molecule has 0 aliphatic carbocycles. The Hall–Kier alpha value is -1.89. The second-order valence-corrected chi connectivity index (χ2v) is 8.10. The Bertz CT molecular complexity index is 713. The molecular formula is C16H22N2O4S. The highest BCUT2D eigenvalue weighted by Gasteiger charge is 2.35. The zero-order chi connectivity index (χ0) is 17.2. The van der Waals surface area contributed by atoms with Crippen LogP contribution in [0.25, 0.3) is 0 Å². The minimum absolute atomic E-state index is 0.136. The molecule has 0 aromatic heterocycles. The average Bonchev–Trinajstić information content (AvgIpc) is 2.43. The largest absolute Gasteiger partial charge is 0.326 e. The number of carbonyl (C=O) groups excluding carboxylic acids is 2. The van der Waals surface area contributed by atoms with E-state index in [4.69, 9.17) is 0 Å². The Labute approximate surface area is 136 Å². The molecule has 0 saturated carbocycles. The van der Waals surface area contributed by atoms with Crippen molar-refractivity contribution in [3.8, 4) is 0 Å². The van der Waals surface area contributed by atoms with Crippen molar-refractivity contribution >= 4 is 21.8 Å². The lowest BCUT2D eigenvalue weighted by Gasteiger charge is -2.36. The molecule has 1 unspecified atom stereocenters. The van der Waals surface area contributed by atoms with Gasteiger partial charge in [0.2, 0.25) is 15.9 Å². The SMILES string of the molecule is CC(C)CC(=O)N1Cc2ccccc2CC1C(=O)NS(C)(=O)=O. The summed E-state index contributed by atoms with van der Waals surface area (Å²) in [7, 11) is -3.66. The number of carbonyl (C=O) groups is 2. The highest BCUT2D eigenvalue weighted by atomic mass is 32.2. The quantitative estimate of drug-likeness (QED) is 0.890. The fraction of sp³-hybridized carbons (Fsp3) is 0.500. The third-order valence-electron chi connectivity index (χ3n) is 3.74. The van der Waals surface area contributed by atoms with Crippen molar-refractivity contribution in [1.29, 1.82) is 0 Å². The van der Waals surface area contributed by atoms with Gasteiger partial charge in [0, 0.05) is 19.4 Å². The minimum Gasteiger partial charge on any atom is -0.326 e. The average molecular weight is 338 g/mol. The molecule has 1 heterocycles. The molecule has 1 aliphatic rings. The van der Waals surface area contributed by atoms with Gasteiger partial charge in [0.1, 0.15) is 6.04 Å². The van der Waals surface area contributed by atoms with Crippen LogP contribution < -0.4 is 4.72 Å². The molecule has 0 saturated heterocycles. The standard InChI is InChI=1S/C16H22N2O4S/c1-11(2)8-15(19)18-10-13-7-5-4-6-12(13)9-14(18)16(20)17-23(3,21)22/h4-7,11,14H,8-10H2,1-3H3,(H,17,20). The molecular weight excluding hydrogens is 316 g/mol. The maximum atomic E-state index is 12.5. The van der Waals surface area contributed by atoms with Gasteiger partial charge in [0.05, 0.1) is 6.26 Å². The molecule has 1 aromatic rings. The first-order chi connectivity index (χ1) is 10.7. The van der Waals surface area contributed by atoms with Crippen LogP contribution in [0.1, 0.15) is 31.4 Å². The first kappa shape index (κ1) is 17.5. The molecule has 23 heavy (non-hydrogen) atoms. The van der Waals surface area contributed by atoms with Crippen LogP contribution in [-0.2, 0) is 32.6 Å². The highest BCUT2D eigenvalue weighted by Crippen LogP contribution is 2.25. The van der Waals surface area contributed by atoms with Gasteiger partial charge in [-0.2, -0.15) is 0 Å². The van der Waals surface area contributed by atoms with E-state index in [2.05, 4.69) is 0 Å². The van der Waals surface area contributed by atoms with Crippen molar-refractivity contribution in [3.63, 3.8) is 0 Å². The molecule has 1 atom stereocenters. The van der Waals surface area contributed by atoms with Crippen LogP contribution in [0.3, 0.4) is 0 Å². The van der Waals surface area contributed by atoms with Crippen molar-refractivity contribution in [2.24, 2.45) is 5.92 Å². The Kier molecular flexibility index (Phi) is 5.09. The van der Waals surface area contributed by atoms with Crippen LogP contribution in [0, 0.1) is 5.92 Å². The van der Waals surface area contributed by atoms with Crippen LogP contribution in [0.4, 0.5) is 0 Å². The Balaban J connectivity index is 2.31. The molecule has 1 aliphatic heterocycles. The zero-order valence-electron chi connectivity index (χ0n) is 13.6. The van der Waals surface area contributed by atoms with E-state index in [-0.39, 0.29) is 11.8 Å². The van der Waals surface area contributed by atoms with E-state index in [1.54, 1.807) is 0 Å². The highest BCUT2D eigenvalue weighted by molar-refractivity contribution is 7.89. The molecule has 0 spiro atoms. The summed E-state index contributed by atoms with van der Waals surface area (Å²) in [4.78, 5) is 26.3. The monoisotopic (exact) mass is 338 g/mol. The molecule has 0 radical (unpaired) electrons. The minimum atomic E-state index is -3.66. The van der Waals surface area contributed by atoms with E-state index < -0.39 is 22.0 Å². The van der Waals surface area contributed by atoms with E-state index >= 15 is 0 Å². The molecule has 7 heteroatoms.